The molecule has 0 aromatic carbocycles. The molecule has 1 saturated heterocycles. The predicted octanol–water partition coefficient (Wildman–Crippen LogP) is 1.02. The number of hydrogen-bond acceptors (Lipinski definition) is 2. The lowest BCUT2D eigenvalue weighted by atomic mass is 9.88. The summed E-state index contributed by atoms with van der Waals surface area (Å²) in [7, 11) is 0. The standard InChI is InChI=1S/C12H20N2O/c1-3-6-14(11-4-5-11)12(15)9(2)10-7-13-8-10/h3,9-11,13H,1,4-8H2,2H3. The number of hydrogen-bond donors (Lipinski definition) is 1. The molecule has 0 aromatic rings. The van der Waals surface area contributed by atoms with Gasteiger partial charge in [-0.1, -0.05) is 13.0 Å². The summed E-state index contributed by atoms with van der Waals surface area (Å²) >= 11 is 0. The Morgan fingerprint density at radius 3 is 2.67 bits per heavy atom. The second-order valence-corrected chi connectivity index (χ2v) is 4.72. The number of carbonyl (C=O) groups is 1. The van der Waals surface area contributed by atoms with Crippen LogP contribution >= 0.6 is 0 Å². The van der Waals surface area contributed by atoms with E-state index >= 15 is 0 Å². The zero-order valence-corrected chi connectivity index (χ0v) is 9.41. The van der Waals surface area contributed by atoms with Gasteiger partial charge in [0.05, 0.1) is 0 Å². The maximum Gasteiger partial charge on any atom is 0.226 e. The van der Waals surface area contributed by atoms with Gasteiger partial charge in [0.15, 0.2) is 0 Å². The van der Waals surface area contributed by atoms with Crippen LogP contribution < -0.4 is 5.32 Å². The van der Waals surface area contributed by atoms with E-state index in [0.717, 1.165) is 13.1 Å². The number of rotatable bonds is 5. The summed E-state index contributed by atoms with van der Waals surface area (Å²) in [6.45, 7) is 8.50. The van der Waals surface area contributed by atoms with Gasteiger partial charge in [-0.05, 0) is 31.8 Å². The fourth-order valence-electron chi connectivity index (χ4n) is 2.07. The molecule has 0 bridgehead atoms. The van der Waals surface area contributed by atoms with E-state index in [2.05, 4.69) is 18.8 Å². The number of nitrogens with zero attached hydrogens (tertiary/aromatic N) is 1. The minimum Gasteiger partial charge on any atom is -0.336 e. The summed E-state index contributed by atoms with van der Waals surface area (Å²) in [6, 6.07) is 0.506. The molecular weight excluding hydrogens is 188 g/mol. The van der Waals surface area contributed by atoms with Crippen LogP contribution in [0.25, 0.3) is 0 Å². The minimum atomic E-state index is 0.173. The molecular formula is C12H20N2O. The van der Waals surface area contributed by atoms with Gasteiger partial charge in [0.2, 0.25) is 5.91 Å². The minimum absolute atomic E-state index is 0.173. The summed E-state index contributed by atoms with van der Waals surface area (Å²) in [6.07, 6.45) is 4.19. The molecule has 1 atom stereocenters. The zero-order valence-electron chi connectivity index (χ0n) is 9.41. The van der Waals surface area contributed by atoms with Gasteiger partial charge in [-0.15, -0.1) is 6.58 Å². The Bertz CT molecular complexity index is 256. The van der Waals surface area contributed by atoms with Crippen LogP contribution in [0.4, 0.5) is 0 Å². The van der Waals surface area contributed by atoms with Crippen molar-refractivity contribution < 1.29 is 4.79 Å². The molecule has 1 heterocycles. The average molecular weight is 208 g/mol. The molecule has 0 spiro atoms. The molecule has 0 aromatic heterocycles. The van der Waals surface area contributed by atoms with E-state index < -0.39 is 0 Å². The van der Waals surface area contributed by atoms with Gasteiger partial charge in [-0.25, -0.2) is 0 Å². The third-order valence-electron chi connectivity index (χ3n) is 3.51. The smallest absolute Gasteiger partial charge is 0.226 e. The first-order valence-electron chi connectivity index (χ1n) is 5.86. The van der Waals surface area contributed by atoms with Crippen molar-refractivity contribution in [2.45, 2.75) is 25.8 Å². The van der Waals surface area contributed by atoms with E-state index in [-0.39, 0.29) is 5.92 Å². The molecule has 2 rings (SSSR count). The second kappa shape index (κ2) is 4.35. The fourth-order valence-corrected chi connectivity index (χ4v) is 2.07. The third kappa shape index (κ3) is 2.23. The Balaban J connectivity index is 1.92. The molecule has 15 heavy (non-hydrogen) atoms. The van der Waals surface area contributed by atoms with E-state index in [1.54, 1.807) is 0 Å². The second-order valence-electron chi connectivity index (χ2n) is 4.72. The van der Waals surface area contributed by atoms with Crippen LogP contribution in [0.15, 0.2) is 12.7 Å². The van der Waals surface area contributed by atoms with E-state index in [0.29, 0.717) is 24.4 Å². The SMILES string of the molecule is C=CCN(C(=O)C(C)C1CNC1)C1CC1. The number of carbonyl (C=O) groups excluding carboxylic acids is 1. The molecule has 1 saturated carbocycles. The summed E-state index contributed by atoms with van der Waals surface area (Å²) in [4.78, 5) is 14.2. The van der Waals surface area contributed by atoms with Crippen LogP contribution in [-0.4, -0.2) is 36.5 Å². The first-order valence-corrected chi connectivity index (χ1v) is 5.86. The van der Waals surface area contributed by atoms with Gasteiger partial charge in [0.25, 0.3) is 0 Å². The molecule has 2 aliphatic rings. The summed E-state index contributed by atoms with van der Waals surface area (Å²) < 4.78 is 0. The molecule has 3 heteroatoms. The van der Waals surface area contributed by atoms with Crippen molar-refractivity contribution in [2.75, 3.05) is 19.6 Å². The van der Waals surface area contributed by atoms with Crippen molar-refractivity contribution in [1.82, 2.24) is 10.2 Å². The van der Waals surface area contributed by atoms with Crippen LogP contribution in [0, 0.1) is 11.8 Å². The van der Waals surface area contributed by atoms with Gasteiger partial charge in [0.1, 0.15) is 0 Å². The van der Waals surface area contributed by atoms with E-state index in [1.165, 1.54) is 12.8 Å². The molecule has 1 amide bonds. The van der Waals surface area contributed by atoms with Crippen molar-refractivity contribution in [1.29, 1.82) is 0 Å². The fraction of sp³-hybridized carbons (Fsp3) is 0.750. The highest BCUT2D eigenvalue weighted by molar-refractivity contribution is 5.79. The highest BCUT2D eigenvalue weighted by Gasteiger charge is 2.37. The van der Waals surface area contributed by atoms with Crippen molar-refractivity contribution >= 4 is 5.91 Å². The maximum atomic E-state index is 12.2. The Morgan fingerprint density at radius 2 is 2.27 bits per heavy atom. The van der Waals surface area contributed by atoms with Crippen LogP contribution in [0.2, 0.25) is 0 Å². The summed E-state index contributed by atoms with van der Waals surface area (Å²) in [5.74, 6) is 1.04. The number of nitrogens with one attached hydrogen (secondary N) is 1. The first kappa shape index (κ1) is 10.7. The van der Waals surface area contributed by atoms with Crippen LogP contribution in [0.1, 0.15) is 19.8 Å². The van der Waals surface area contributed by atoms with E-state index in [1.807, 2.05) is 11.0 Å². The average Bonchev–Trinajstić information content (AvgIpc) is 2.93. The molecule has 84 valence electrons. The Morgan fingerprint density at radius 1 is 1.60 bits per heavy atom. The molecule has 3 nitrogen and oxygen atoms in total. The lowest BCUT2D eigenvalue weighted by Gasteiger charge is -2.34. The van der Waals surface area contributed by atoms with Gasteiger partial charge in [0, 0.05) is 18.5 Å². The molecule has 2 fully saturated rings. The topological polar surface area (TPSA) is 32.3 Å². The first-order chi connectivity index (χ1) is 7.24. The zero-order chi connectivity index (χ0) is 10.8. The van der Waals surface area contributed by atoms with Gasteiger partial charge in [-0.3, -0.25) is 4.79 Å². The van der Waals surface area contributed by atoms with Gasteiger partial charge >= 0.3 is 0 Å². The van der Waals surface area contributed by atoms with Crippen molar-refractivity contribution in [2.24, 2.45) is 11.8 Å². The van der Waals surface area contributed by atoms with Crippen molar-refractivity contribution in [3.8, 4) is 0 Å². The largest absolute Gasteiger partial charge is 0.336 e. The summed E-state index contributed by atoms with van der Waals surface area (Å²) in [5.41, 5.74) is 0. The van der Waals surface area contributed by atoms with Crippen molar-refractivity contribution in [3.63, 3.8) is 0 Å². The summed E-state index contributed by atoms with van der Waals surface area (Å²) in [5, 5.41) is 3.22. The predicted molar refractivity (Wildman–Crippen MR) is 60.5 cm³/mol. The van der Waals surface area contributed by atoms with Crippen molar-refractivity contribution in [3.05, 3.63) is 12.7 Å². The Hall–Kier alpha value is -0.830. The lowest BCUT2D eigenvalue weighted by molar-refractivity contribution is -0.137. The molecule has 1 unspecified atom stereocenters. The van der Waals surface area contributed by atoms with Gasteiger partial charge in [-0.2, -0.15) is 0 Å². The van der Waals surface area contributed by atoms with Gasteiger partial charge < -0.3 is 10.2 Å². The Labute approximate surface area is 91.5 Å². The Kier molecular flexibility index (Phi) is 3.10. The quantitative estimate of drug-likeness (QED) is 0.684. The molecule has 1 aliphatic carbocycles. The third-order valence-corrected chi connectivity index (χ3v) is 3.51. The van der Waals surface area contributed by atoms with Crippen LogP contribution in [0.3, 0.4) is 0 Å². The highest BCUT2D eigenvalue weighted by Crippen LogP contribution is 2.29. The lowest BCUT2D eigenvalue weighted by Crippen LogP contribution is -2.50. The molecule has 1 N–H and O–H groups in total. The monoisotopic (exact) mass is 208 g/mol. The van der Waals surface area contributed by atoms with Crippen LogP contribution in [0.5, 0.6) is 0 Å². The molecule has 0 radical (unpaired) electrons. The highest BCUT2D eigenvalue weighted by atomic mass is 16.2. The van der Waals surface area contributed by atoms with E-state index in [9.17, 15) is 4.79 Å². The number of amides is 1. The van der Waals surface area contributed by atoms with Crippen LogP contribution in [-0.2, 0) is 4.79 Å². The normalized spacial score (nSPS) is 23.0. The van der Waals surface area contributed by atoms with E-state index in [4.69, 9.17) is 0 Å². The molecule has 1 aliphatic heterocycles. The maximum absolute atomic E-state index is 12.2.